The Labute approximate surface area is 120 Å². The average molecular weight is 334 g/mol. The second kappa shape index (κ2) is 5.00. The molecule has 0 N–H and O–H groups in total. The number of likely N-dealkylation sites (tertiary alicyclic amines) is 1. The first-order valence-corrected chi connectivity index (χ1v) is 7.30. The molecule has 1 amide bonds. The maximum atomic E-state index is 13.6. The topological polar surface area (TPSA) is 20.3 Å². The summed E-state index contributed by atoms with van der Waals surface area (Å²) in [4.78, 5) is 13.2. The smallest absolute Gasteiger partial charge is 0.251 e. The van der Waals surface area contributed by atoms with Crippen LogP contribution in [0.3, 0.4) is 0 Å². The van der Waals surface area contributed by atoms with Gasteiger partial charge in [0.2, 0.25) is 0 Å². The van der Waals surface area contributed by atoms with Gasteiger partial charge >= 0.3 is 0 Å². The van der Waals surface area contributed by atoms with Crippen LogP contribution in [0.25, 0.3) is 0 Å². The van der Waals surface area contributed by atoms with Crippen LogP contribution in [0.5, 0.6) is 0 Å². The van der Waals surface area contributed by atoms with Gasteiger partial charge < -0.3 is 4.90 Å². The third kappa shape index (κ3) is 2.62. The number of allylic oxidation sites excluding steroid dienone is 3. The van der Waals surface area contributed by atoms with Crippen molar-refractivity contribution in [2.24, 2.45) is 11.3 Å². The van der Waals surface area contributed by atoms with Crippen molar-refractivity contribution in [1.29, 1.82) is 0 Å². The Hall–Kier alpha value is -0.710. The zero-order valence-corrected chi connectivity index (χ0v) is 12.9. The molecule has 5 heteroatoms. The molecule has 0 saturated carbocycles. The molecule has 19 heavy (non-hydrogen) atoms. The Morgan fingerprint density at radius 3 is 2.63 bits per heavy atom. The van der Waals surface area contributed by atoms with Crippen LogP contribution < -0.4 is 0 Å². The van der Waals surface area contributed by atoms with E-state index in [2.05, 4.69) is 36.7 Å². The van der Waals surface area contributed by atoms with Gasteiger partial charge in [-0.05, 0) is 23.5 Å². The molecule has 0 spiro atoms. The minimum Gasteiger partial charge on any atom is -0.338 e. The van der Waals surface area contributed by atoms with Crippen molar-refractivity contribution < 1.29 is 13.6 Å². The largest absolute Gasteiger partial charge is 0.338 e. The van der Waals surface area contributed by atoms with Gasteiger partial charge in [-0.25, -0.2) is 8.78 Å². The van der Waals surface area contributed by atoms with Gasteiger partial charge in [0.05, 0.1) is 4.83 Å². The highest BCUT2D eigenvalue weighted by Crippen LogP contribution is 2.37. The van der Waals surface area contributed by atoms with Crippen LogP contribution in [0.15, 0.2) is 23.6 Å². The van der Waals surface area contributed by atoms with E-state index in [-0.39, 0.29) is 11.3 Å². The predicted molar refractivity (Wildman–Crippen MR) is 74.4 cm³/mol. The van der Waals surface area contributed by atoms with Gasteiger partial charge in [-0.2, -0.15) is 0 Å². The number of nitrogens with zero attached hydrogens (tertiary/aromatic N) is 1. The molecule has 2 aliphatic rings. The zero-order chi connectivity index (χ0) is 14.4. The minimum atomic E-state index is -1.78. The molecule has 0 aromatic carbocycles. The van der Waals surface area contributed by atoms with Crippen LogP contribution in [-0.4, -0.2) is 34.9 Å². The van der Waals surface area contributed by atoms with Gasteiger partial charge in [-0.15, -0.1) is 0 Å². The van der Waals surface area contributed by atoms with Crippen LogP contribution in [-0.2, 0) is 4.79 Å². The van der Waals surface area contributed by atoms with Crippen molar-refractivity contribution >= 4 is 21.8 Å². The fourth-order valence-corrected chi connectivity index (χ4v) is 3.07. The Morgan fingerprint density at radius 2 is 2.11 bits per heavy atom. The first kappa shape index (κ1) is 14.7. The summed E-state index contributed by atoms with van der Waals surface area (Å²) in [5.41, 5.74) is 0.349. The van der Waals surface area contributed by atoms with Crippen LogP contribution in [0.4, 0.5) is 8.78 Å². The van der Waals surface area contributed by atoms with Gasteiger partial charge in [-0.3, -0.25) is 4.79 Å². The zero-order valence-electron chi connectivity index (χ0n) is 11.3. The molecule has 1 fully saturated rings. The number of amides is 1. The lowest BCUT2D eigenvalue weighted by Crippen LogP contribution is -2.37. The van der Waals surface area contributed by atoms with E-state index >= 15 is 0 Å². The molecule has 0 aromatic heterocycles. The second-order valence-corrected chi connectivity index (χ2v) is 7.04. The highest BCUT2D eigenvalue weighted by molar-refractivity contribution is 9.09. The van der Waals surface area contributed by atoms with E-state index in [0.717, 1.165) is 6.08 Å². The maximum Gasteiger partial charge on any atom is 0.251 e. The van der Waals surface area contributed by atoms with Gasteiger partial charge in [0.25, 0.3) is 5.91 Å². The van der Waals surface area contributed by atoms with Gasteiger partial charge in [-0.1, -0.05) is 36.7 Å². The lowest BCUT2D eigenvalue weighted by atomic mass is 9.84. The minimum absolute atomic E-state index is 0.0584. The summed E-state index contributed by atoms with van der Waals surface area (Å²) >= 11 is 3.08. The molecule has 1 saturated heterocycles. The fraction of sp³-hybridized carbons (Fsp3) is 0.643. The Morgan fingerprint density at radius 1 is 1.47 bits per heavy atom. The van der Waals surface area contributed by atoms with Crippen molar-refractivity contribution in [3.8, 4) is 0 Å². The Kier molecular flexibility index (Phi) is 3.87. The van der Waals surface area contributed by atoms with Crippen molar-refractivity contribution in [3.63, 3.8) is 0 Å². The Balaban J connectivity index is 2.18. The van der Waals surface area contributed by atoms with Crippen LogP contribution in [0.1, 0.15) is 20.8 Å². The third-order valence-corrected chi connectivity index (χ3v) is 5.16. The first-order chi connectivity index (χ1) is 8.74. The van der Waals surface area contributed by atoms with Crippen LogP contribution in [0.2, 0.25) is 0 Å². The molecule has 106 valence electrons. The summed E-state index contributed by atoms with van der Waals surface area (Å²) < 4.78 is 26.7. The summed E-state index contributed by atoms with van der Waals surface area (Å²) in [6.45, 7) is 7.64. The number of rotatable bonds is 1. The summed E-state index contributed by atoms with van der Waals surface area (Å²) in [6.07, 6.45) is 0.640. The third-order valence-electron chi connectivity index (χ3n) is 4.20. The molecular formula is C14H18BrF2NO. The van der Waals surface area contributed by atoms with Crippen molar-refractivity contribution in [2.45, 2.75) is 31.8 Å². The van der Waals surface area contributed by atoms with E-state index in [1.165, 1.54) is 6.08 Å². The summed E-state index contributed by atoms with van der Waals surface area (Å²) in [7, 11) is 0. The summed E-state index contributed by atoms with van der Waals surface area (Å²) in [5, 5.41) is 0. The number of carbonyl (C=O) groups excluding carboxylic acids is 1. The fourth-order valence-electron chi connectivity index (χ4n) is 2.47. The lowest BCUT2D eigenvalue weighted by molar-refractivity contribution is -0.126. The molecule has 1 heterocycles. The van der Waals surface area contributed by atoms with E-state index in [0.29, 0.717) is 24.6 Å². The van der Waals surface area contributed by atoms with E-state index in [1.54, 1.807) is 4.90 Å². The molecule has 3 atom stereocenters. The van der Waals surface area contributed by atoms with Gasteiger partial charge in [0, 0.05) is 18.7 Å². The lowest BCUT2D eigenvalue weighted by Gasteiger charge is -2.25. The molecule has 0 aromatic rings. The molecular weight excluding hydrogens is 316 g/mol. The van der Waals surface area contributed by atoms with Gasteiger partial charge in [0.1, 0.15) is 5.83 Å². The van der Waals surface area contributed by atoms with Crippen molar-refractivity contribution in [2.75, 3.05) is 13.1 Å². The summed E-state index contributed by atoms with van der Waals surface area (Å²) in [6, 6.07) is 0. The van der Waals surface area contributed by atoms with E-state index in [4.69, 9.17) is 0 Å². The number of hydrogen-bond acceptors (Lipinski definition) is 1. The maximum absolute atomic E-state index is 13.6. The number of hydrogen-bond donors (Lipinski definition) is 0. The van der Waals surface area contributed by atoms with E-state index < -0.39 is 16.8 Å². The normalized spacial score (nSPS) is 34.0. The molecule has 0 bridgehead atoms. The van der Waals surface area contributed by atoms with Crippen LogP contribution in [0, 0.1) is 11.3 Å². The van der Waals surface area contributed by atoms with Crippen molar-refractivity contribution in [3.05, 3.63) is 23.6 Å². The van der Waals surface area contributed by atoms with Crippen LogP contribution >= 0.6 is 15.9 Å². The Bertz CT molecular complexity index is 458. The monoisotopic (exact) mass is 333 g/mol. The quantitative estimate of drug-likeness (QED) is 0.673. The molecule has 1 aliphatic carbocycles. The van der Waals surface area contributed by atoms with E-state index in [9.17, 15) is 13.6 Å². The molecule has 0 radical (unpaired) electrons. The standard InChI is InChI=1S/C14H18BrF2NO/c1-8-6-18(7-14(8,2)3)13(19)9-4-5-10(16)12(17)11(9)15/h4-5,8,11-12H,6-7H2,1-3H3. The predicted octanol–water partition coefficient (Wildman–Crippen LogP) is 3.39. The second-order valence-electron chi connectivity index (χ2n) is 6.05. The average Bonchev–Trinajstić information content (AvgIpc) is 2.60. The highest BCUT2D eigenvalue weighted by Gasteiger charge is 2.41. The molecule has 3 unspecified atom stereocenters. The summed E-state index contributed by atoms with van der Waals surface area (Å²) in [5.74, 6) is -0.651. The SMILES string of the molecule is CC1CN(C(=O)C2=CC=C(F)C(F)C2Br)CC1(C)C. The molecule has 2 nitrogen and oxygen atoms in total. The molecule has 2 rings (SSSR count). The number of carbonyl (C=O) groups is 1. The number of alkyl halides is 2. The van der Waals surface area contributed by atoms with Crippen molar-refractivity contribution in [1.82, 2.24) is 4.90 Å². The molecule has 1 aliphatic heterocycles. The first-order valence-electron chi connectivity index (χ1n) is 6.38. The number of halogens is 3. The highest BCUT2D eigenvalue weighted by atomic mass is 79.9. The van der Waals surface area contributed by atoms with Gasteiger partial charge in [0.15, 0.2) is 6.17 Å². The van der Waals surface area contributed by atoms with E-state index in [1.807, 2.05) is 0 Å².